The molecule has 1 heterocycles. The number of likely N-dealkylation sites (tertiary alicyclic amines) is 1. The molecule has 0 aromatic heterocycles. The van der Waals surface area contributed by atoms with Crippen LogP contribution in [0.25, 0.3) is 0 Å². The number of carbonyl (C=O) groups excluding carboxylic acids is 1. The number of nitrogens with zero attached hydrogens (tertiary/aromatic N) is 1. The van der Waals surface area contributed by atoms with Gasteiger partial charge in [-0.2, -0.15) is 0 Å². The van der Waals surface area contributed by atoms with Crippen molar-refractivity contribution in [1.29, 1.82) is 0 Å². The molecule has 2 nitrogen and oxygen atoms in total. The Morgan fingerprint density at radius 1 is 1.15 bits per heavy atom. The molecule has 0 radical (unpaired) electrons. The van der Waals surface area contributed by atoms with Gasteiger partial charge in [0.1, 0.15) is 0 Å². The lowest BCUT2D eigenvalue weighted by Crippen LogP contribution is -2.34. The van der Waals surface area contributed by atoms with E-state index in [1.54, 1.807) is 0 Å². The molecule has 2 heteroatoms. The zero-order valence-electron chi connectivity index (χ0n) is 13.1. The molecule has 2 rings (SSSR count). The van der Waals surface area contributed by atoms with Gasteiger partial charge in [-0.25, -0.2) is 0 Å². The van der Waals surface area contributed by atoms with Crippen molar-refractivity contribution in [2.75, 3.05) is 13.1 Å². The summed E-state index contributed by atoms with van der Waals surface area (Å²) >= 11 is 0. The maximum Gasteiger partial charge on any atom is 0.164 e. The van der Waals surface area contributed by atoms with E-state index in [0.29, 0.717) is 12.5 Å². The summed E-state index contributed by atoms with van der Waals surface area (Å²) in [5.41, 5.74) is 3.23. The summed E-state index contributed by atoms with van der Waals surface area (Å²) in [5.74, 6) is 0.285. The van der Waals surface area contributed by atoms with Crippen molar-refractivity contribution in [3.63, 3.8) is 0 Å². The molecule has 0 bridgehead atoms. The summed E-state index contributed by atoms with van der Waals surface area (Å²) in [4.78, 5) is 14.9. The Labute approximate surface area is 123 Å². The van der Waals surface area contributed by atoms with Crippen LogP contribution in [0.1, 0.15) is 60.5 Å². The first-order valence-electron chi connectivity index (χ1n) is 7.92. The van der Waals surface area contributed by atoms with Crippen LogP contribution in [0.4, 0.5) is 0 Å². The van der Waals surface area contributed by atoms with Crippen LogP contribution in [0, 0.1) is 13.8 Å². The van der Waals surface area contributed by atoms with Crippen molar-refractivity contribution in [3.05, 3.63) is 34.9 Å². The average Bonchev–Trinajstić information content (AvgIpc) is 2.59. The minimum absolute atomic E-state index is 0.285. The molecule has 20 heavy (non-hydrogen) atoms. The van der Waals surface area contributed by atoms with Gasteiger partial charge in [0.2, 0.25) is 0 Å². The molecule has 1 aromatic rings. The highest BCUT2D eigenvalue weighted by molar-refractivity contribution is 5.96. The average molecular weight is 273 g/mol. The summed E-state index contributed by atoms with van der Waals surface area (Å²) in [6, 6.07) is 6.78. The highest BCUT2D eigenvalue weighted by Gasteiger charge is 2.18. The first-order chi connectivity index (χ1) is 9.56. The van der Waals surface area contributed by atoms with Crippen molar-refractivity contribution in [3.8, 4) is 0 Å². The molecular formula is C18H27NO. The number of rotatable bonds is 4. The van der Waals surface area contributed by atoms with Gasteiger partial charge in [0.05, 0.1) is 0 Å². The van der Waals surface area contributed by atoms with E-state index >= 15 is 0 Å². The van der Waals surface area contributed by atoms with Crippen molar-refractivity contribution in [2.24, 2.45) is 0 Å². The van der Waals surface area contributed by atoms with E-state index in [1.807, 2.05) is 12.1 Å². The highest BCUT2D eigenvalue weighted by atomic mass is 16.1. The number of Topliss-reactive ketones (excluding diaryl/α,β-unsaturated/α-hetero) is 1. The van der Waals surface area contributed by atoms with E-state index in [4.69, 9.17) is 0 Å². The van der Waals surface area contributed by atoms with Crippen molar-refractivity contribution in [2.45, 2.75) is 58.9 Å². The van der Waals surface area contributed by atoms with Gasteiger partial charge in [0, 0.05) is 24.6 Å². The fraction of sp³-hybridized carbons (Fsp3) is 0.611. The summed E-state index contributed by atoms with van der Waals surface area (Å²) < 4.78 is 0. The number of hydrogen-bond donors (Lipinski definition) is 0. The SMILES string of the molecule is Cc1cc(C)cc(C(=O)CCN2CCCCCC2C)c1. The van der Waals surface area contributed by atoms with Gasteiger partial charge in [-0.05, 0) is 52.3 Å². The lowest BCUT2D eigenvalue weighted by molar-refractivity contribution is 0.0954. The van der Waals surface area contributed by atoms with Gasteiger partial charge in [-0.1, -0.05) is 30.0 Å². The number of ketones is 1. The van der Waals surface area contributed by atoms with E-state index in [2.05, 4.69) is 31.7 Å². The van der Waals surface area contributed by atoms with Gasteiger partial charge in [-0.3, -0.25) is 4.79 Å². The Hall–Kier alpha value is -1.15. The molecule has 0 N–H and O–H groups in total. The third kappa shape index (κ3) is 4.17. The normalized spacial score (nSPS) is 20.6. The number of hydrogen-bond acceptors (Lipinski definition) is 2. The molecule has 0 saturated carbocycles. The van der Waals surface area contributed by atoms with E-state index in [0.717, 1.165) is 18.7 Å². The van der Waals surface area contributed by atoms with Crippen LogP contribution in [-0.4, -0.2) is 29.8 Å². The smallest absolute Gasteiger partial charge is 0.164 e. The molecule has 1 aliphatic rings. The Kier molecular flexibility index (Phi) is 5.36. The predicted molar refractivity (Wildman–Crippen MR) is 84.4 cm³/mol. The molecule has 1 atom stereocenters. The first kappa shape index (κ1) is 15.2. The minimum Gasteiger partial charge on any atom is -0.300 e. The molecule has 1 saturated heterocycles. The maximum atomic E-state index is 12.4. The Morgan fingerprint density at radius 2 is 1.85 bits per heavy atom. The van der Waals surface area contributed by atoms with Gasteiger partial charge in [-0.15, -0.1) is 0 Å². The molecule has 1 unspecified atom stereocenters. The monoisotopic (exact) mass is 273 g/mol. The largest absolute Gasteiger partial charge is 0.300 e. The molecule has 0 aliphatic carbocycles. The number of benzene rings is 1. The second kappa shape index (κ2) is 7.03. The van der Waals surface area contributed by atoms with Crippen molar-refractivity contribution < 1.29 is 4.79 Å². The summed E-state index contributed by atoms with van der Waals surface area (Å²) in [5, 5.41) is 0. The lowest BCUT2D eigenvalue weighted by atomic mass is 10.0. The second-order valence-corrected chi connectivity index (χ2v) is 6.28. The van der Waals surface area contributed by atoms with Crippen LogP contribution >= 0.6 is 0 Å². The fourth-order valence-electron chi connectivity index (χ4n) is 3.19. The Bertz CT molecular complexity index is 446. The van der Waals surface area contributed by atoms with Crippen LogP contribution in [-0.2, 0) is 0 Å². The Balaban J connectivity index is 1.94. The standard InChI is InChI=1S/C18H27NO/c1-14-11-15(2)13-17(12-14)18(20)8-10-19-9-6-4-5-7-16(19)3/h11-13,16H,4-10H2,1-3H3. The quantitative estimate of drug-likeness (QED) is 0.768. The third-order valence-corrected chi connectivity index (χ3v) is 4.36. The molecule has 1 fully saturated rings. The summed E-state index contributed by atoms with van der Waals surface area (Å²) in [6.07, 6.45) is 5.88. The highest BCUT2D eigenvalue weighted by Crippen LogP contribution is 2.17. The Morgan fingerprint density at radius 3 is 2.55 bits per heavy atom. The topological polar surface area (TPSA) is 20.3 Å². The molecule has 1 aliphatic heterocycles. The fourth-order valence-corrected chi connectivity index (χ4v) is 3.19. The van der Waals surface area contributed by atoms with Gasteiger partial charge >= 0.3 is 0 Å². The maximum absolute atomic E-state index is 12.4. The zero-order valence-corrected chi connectivity index (χ0v) is 13.1. The van der Waals surface area contributed by atoms with Crippen molar-refractivity contribution >= 4 is 5.78 Å². The molecular weight excluding hydrogens is 246 g/mol. The van der Waals surface area contributed by atoms with Crippen LogP contribution in [0.5, 0.6) is 0 Å². The van der Waals surface area contributed by atoms with E-state index in [9.17, 15) is 4.79 Å². The lowest BCUT2D eigenvalue weighted by Gasteiger charge is -2.26. The summed E-state index contributed by atoms with van der Waals surface area (Å²) in [6.45, 7) is 8.47. The predicted octanol–water partition coefficient (Wildman–Crippen LogP) is 4.14. The first-order valence-corrected chi connectivity index (χ1v) is 7.92. The van der Waals surface area contributed by atoms with Crippen LogP contribution in [0.2, 0.25) is 0 Å². The third-order valence-electron chi connectivity index (χ3n) is 4.36. The number of carbonyl (C=O) groups is 1. The van der Waals surface area contributed by atoms with Crippen LogP contribution < -0.4 is 0 Å². The van der Waals surface area contributed by atoms with E-state index < -0.39 is 0 Å². The van der Waals surface area contributed by atoms with Crippen LogP contribution in [0.3, 0.4) is 0 Å². The molecule has 1 aromatic carbocycles. The zero-order chi connectivity index (χ0) is 14.5. The minimum atomic E-state index is 0.285. The summed E-state index contributed by atoms with van der Waals surface area (Å²) in [7, 11) is 0. The van der Waals surface area contributed by atoms with E-state index in [1.165, 1.54) is 36.8 Å². The van der Waals surface area contributed by atoms with E-state index in [-0.39, 0.29) is 5.78 Å². The van der Waals surface area contributed by atoms with Crippen molar-refractivity contribution in [1.82, 2.24) is 4.90 Å². The van der Waals surface area contributed by atoms with Gasteiger partial charge < -0.3 is 4.90 Å². The van der Waals surface area contributed by atoms with Crippen LogP contribution in [0.15, 0.2) is 18.2 Å². The molecule has 110 valence electrons. The molecule has 0 amide bonds. The van der Waals surface area contributed by atoms with Gasteiger partial charge in [0.25, 0.3) is 0 Å². The number of aryl methyl sites for hydroxylation is 2. The second-order valence-electron chi connectivity index (χ2n) is 6.28. The van der Waals surface area contributed by atoms with Gasteiger partial charge in [0.15, 0.2) is 5.78 Å². The molecule has 0 spiro atoms.